The molecule has 0 bridgehead atoms. The van der Waals surface area contributed by atoms with Crippen LogP contribution in [0.25, 0.3) is 0 Å². The van der Waals surface area contributed by atoms with Gasteiger partial charge in [0.05, 0.1) is 16.3 Å². The van der Waals surface area contributed by atoms with Gasteiger partial charge in [-0.1, -0.05) is 35.9 Å². The molecule has 1 fully saturated rings. The van der Waals surface area contributed by atoms with Gasteiger partial charge in [-0.2, -0.15) is 0 Å². The van der Waals surface area contributed by atoms with Crippen molar-refractivity contribution in [2.45, 2.75) is 19.3 Å². The molecule has 2 aromatic carbocycles. The number of piperidine rings is 1. The van der Waals surface area contributed by atoms with Crippen molar-refractivity contribution in [2.75, 3.05) is 18.0 Å². The SMILES string of the molecule is O=C(c1c(F)cccc1Cl)N(C(=O)N1CCCCC1)c1ccccc1. The second-order valence-corrected chi connectivity index (χ2v) is 6.31. The van der Waals surface area contributed by atoms with Crippen LogP contribution in [0.2, 0.25) is 5.02 Å². The molecular formula is C19H18ClFN2O2. The summed E-state index contributed by atoms with van der Waals surface area (Å²) in [6.07, 6.45) is 2.84. The molecule has 0 N–H and O–H groups in total. The van der Waals surface area contributed by atoms with Crippen LogP contribution in [-0.2, 0) is 0 Å². The van der Waals surface area contributed by atoms with Crippen molar-refractivity contribution in [3.63, 3.8) is 0 Å². The Bertz CT molecular complexity index is 756. The molecule has 0 unspecified atom stereocenters. The van der Waals surface area contributed by atoms with Crippen LogP contribution < -0.4 is 4.90 Å². The molecule has 1 aliphatic heterocycles. The van der Waals surface area contributed by atoms with E-state index in [-0.39, 0.29) is 10.6 Å². The first kappa shape index (κ1) is 17.4. The first-order valence-corrected chi connectivity index (χ1v) is 8.60. The molecule has 0 aromatic heterocycles. The van der Waals surface area contributed by atoms with E-state index in [2.05, 4.69) is 0 Å². The van der Waals surface area contributed by atoms with Crippen molar-refractivity contribution < 1.29 is 14.0 Å². The smallest absolute Gasteiger partial charge is 0.324 e. The van der Waals surface area contributed by atoms with Crippen LogP contribution >= 0.6 is 11.6 Å². The molecule has 1 saturated heterocycles. The average molecular weight is 361 g/mol. The van der Waals surface area contributed by atoms with Crippen molar-refractivity contribution in [3.05, 3.63) is 64.9 Å². The summed E-state index contributed by atoms with van der Waals surface area (Å²) in [4.78, 5) is 28.7. The van der Waals surface area contributed by atoms with Gasteiger partial charge in [0.1, 0.15) is 5.82 Å². The summed E-state index contributed by atoms with van der Waals surface area (Å²) < 4.78 is 14.2. The first-order valence-electron chi connectivity index (χ1n) is 8.22. The lowest BCUT2D eigenvalue weighted by Gasteiger charge is -2.32. The summed E-state index contributed by atoms with van der Waals surface area (Å²) in [5.74, 6) is -1.50. The van der Waals surface area contributed by atoms with E-state index >= 15 is 0 Å². The minimum Gasteiger partial charge on any atom is -0.324 e. The highest BCUT2D eigenvalue weighted by molar-refractivity contribution is 6.36. The number of halogens is 2. The van der Waals surface area contributed by atoms with Gasteiger partial charge in [0, 0.05) is 13.1 Å². The number of carbonyl (C=O) groups excluding carboxylic acids is 2. The Labute approximate surface area is 150 Å². The van der Waals surface area contributed by atoms with E-state index in [1.807, 2.05) is 0 Å². The van der Waals surface area contributed by atoms with Gasteiger partial charge in [-0.3, -0.25) is 4.79 Å². The van der Waals surface area contributed by atoms with Crippen molar-refractivity contribution in [1.82, 2.24) is 4.90 Å². The fourth-order valence-corrected chi connectivity index (χ4v) is 3.18. The van der Waals surface area contributed by atoms with E-state index < -0.39 is 17.8 Å². The Kier molecular flexibility index (Phi) is 5.34. The van der Waals surface area contributed by atoms with Crippen molar-refractivity contribution >= 4 is 29.2 Å². The molecule has 0 aliphatic carbocycles. The zero-order valence-corrected chi connectivity index (χ0v) is 14.4. The van der Waals surface area contributed by atoms with E-state index in [0.717, 1.165) is 30.2 Å². The molecule has 0 spiro atoms. The zero-order chi connectivity index (χ0) is 17.8. The summed E-state index contributed by atoms with van der Waals surface area (Å²) in [5.41, 5.74) is 0.0979. The number of hydrogen-bond acceptors (Lipinski definition) is 2. The van der Waals surface area contributed by atoms with Crippen LogP contribution in [-0.4, -0.2) is 29.9 Å². The minimum absolute atomic E-state index is 0.0163. The Hall–Kier alpha value is -2.40. The maximum Gasteiger partial charge on any atom is 0.331 e. The number of nitrogens with zero attached hydrogens (tertiary/aromatic N) is 2. The van der Waals surface area contributed by atoms with Crippen LogP contribution in [0.3, 0.4) is 0 Å². The van der Waals surface area contributed by atoms with Crippen molar-refractivity contribution in [2.24, 2.45) is 0 Å². The van der Waals surface area contributed by atoms with Gasteiger partial charge >= 0.3 is 6.03 Å². The number of amides is 3. The lowest BCUT2D eigenvalue weighted by atomic mass is 10.1. The molecule has 1 aliphatic rings. The number of likely N-dealkylation sites (tertiary alicyclic amines) is 1. The first-order chi connectivity index (χ1) is 12.1. The molecule has 3 amide bonds. The van der Waals surface area contributed by atoms with Crippen molar-refractivity contribution in [3.8, 4) is 0 Å². The highest BCUT2D eigenvalue weighted by Crippen LogP contribution is 2.26. The fraction of sp³-hybridized carbons (Fsp3) is 0.263. The van der Waals surface area contributed by atoms with Crippen LogP contribution in [0.4, 0.5) is 14.9 Å². The number of benzene rings is 2. The number of rotatable bonds is 2. The van der Waals surface area contributed by atoms with E-state index in [4.69, 9.17) is 11.6 Å². The molecule has 0 saturated carbocycles. The van der Waals surface area contributed by atoms with Crippen LogP contribution in [0.5, 0.6) is 0 Å². The average Bonchev–Trinajstić information content (AvgIpc) is 2.63. The maximum atomic E-state index is 14.2. The Balaban J connectivity index is 2.02. The van der Waals surface area contributed by atoms with Gasteiger partial charge in [-0.25, -0.2) is 14.1 Å². The van der Waals surface area contributed by atoms with Crippen molar-refractivity contribution in [1.29, 1.82) is 0 Å². The normalized spacial score (nSPS) is 14.2. The van der Waals surface area contributed by atoms with Gasteiger partial charge < -0.3 is 4.90 Å². The predicted octanol–water partition coefficient (Wildman–Crippen LogP) is 4.73. The summed E-state index contributed by atoms with van der Waals surface area (Å²) in [6.45, 7) is 1.17. The van der Waals surface area contributed by atoms with E-state index in [1.54, 1.807) is 35.2 Å². The molecular weight excluding hydrogens is 343 g/mol. The molecule has 0 atom stereocenters. The molecule has 130 valence electrons. The Morgan fingerprint density at radius 2 is 1.64 bits per heavy atom. The van der Waals surface area contributed by atoms with Gasteiger partial charge in [-0.05, 0) is 43.5 Å². The number of imide groups is 1. The topological polar surface area (TPSA) is 40.6 Å². The zero-order valence-electron chi connectivity index (χ0n) is 13.6. The monoisotopic (exact) mass is 360 g/mol. The fourth-order valence-electron chi connectivity index (χ4n) is 2.93. The molecule has 2 aromatic rings. The number of anilines is 1. The number of carbonyl (C=O) groups is 2. The molecule has 4 nitrogen and oxygen atoms in total. The van der Waals surface area contributed by atoms with E-state index in [0.29, 0.717) is 18.8 Å². The van der Waals surface area contributed by atoms with Gasteiger partial charge in [0.15, 0.2) is 0 Å². The van der Waals surface area contributed by atoms with Gasteiger partial charge in [0.2, 0.25) is 0 Å². The third-order valence-electron chi connectivity index (χ3n) is 4.21. The highest BCUT2D eigenvalue weighted by atomic mass is 35.5. The predicted molar refractivity (Wildman–Crippen MR) is 95.5 cm³/mol. The minimum atomic E-state index is -0.759. The summed E-state index contributed by atoms with van der Waals surface area (Å²) in [5, 5.41) is -0.0163. The van der Waals surface area contributed by atoms with Gasteiger partial charge in [-0.15, -0.1) is 0 Å². The van der Waals surface area contributed by atoms with Crippen LogP contribution in [0.1, 0.15) is 29.6 Å². The standard InChI is InChI=1S/C19H18ClFN2O2/c20-15-10-7-11-16(21)17(15)18(24)23(14-8-3-1-4-9-14)19(25)22-12-5-2-6-13-22/h1,3-4,7-11H,2,5-6,12-13H2. The Morgan fingerprint density at radius 1 is 0.960 bits per heavy atom. The largest absolute Gasteiger partial charge is 0.331 e. The third kappa shape index (κ3) is 3.66. The summed E-state index contributed by atoms with van der Waals surface area (Å²) >= 11 is 6.03. The quantitative estimate of drug-likeness (QED) is 0.776. The number of urea groups is 1. The van der Waals surface area contributed by atoms with Crippen LogP contribution in [0, 0.1) is 5.82 Å². The molecule has 0 radical (unpaired) electrons. The second-order valence-electron chi connectivity index (χ2n) is 5.90. The summed E-state index contributed by atoms with van der Waals surface area (Å²) in [7, 11) is 0. The maximum absolute atomic E-state index is 14.2. The molecule has 25 heavy (non-hydrogen) atoms. The molecule has 6 heteroatoms. The Morgan fingerprint density at radius 3 is 2.28 bits per heavy atom. The summed E-state index contributed by atoms with van der Waals surface area (Å²) in [6, 6.07) is 12.1. The molecule has 1 heterocycles. The lowest BCUT2D eigenvalue weighted by molar-refractivity contribution is 0.0980. The lowest BCUT2D eigenvalue weighted by Crippen LogP contribution is -2.48. The van der Waals surface area contributed by atoms with E-state index in [1.165, 1.54) is 12.1 Å². The third-order valence-corrected chi connectivity index (χ3v) is 4.53. The number of hydrogen-bond donors (Lipinski definition) is 0. The second kappa shape index (κ2) is 7.66. The van der Waals surface area contributed by atoms with E-state index in [9.17, 15) is 14.0 Å². The van der Waals surface area contributed by atoms with Gasteiger partial charge in [0.25, 0.3) is 5.91 Å². The molecule has 3 rings (SSSR count). The highest BCUT2D eigenvalue weighted by Gasteiger charge is 2.32. The number of para-hydroxylation sites is 1. The van der Waals surface area contributed by atoms with Crippen LogP contribution in [0.15, 0.2) is 48.5 Å².